The summed E-state index contributed by atoms with van der Waals surface area (Å²) >= 11 is 11.9. The Bertz CT molecular complexity index is 325. The van der Waals surface area contributed by atoms with Gasteiger partial charge in [0.15, 0.2) is 0 Å². The first-order valence-electron chi connectivity index (χ1n) is 4.39. The minimum Gasteiger partial charge on any atom is -0.221 e. The second kappa shape index (κ2) is 4.76. The van der Waals surface area contributed by atoms with E-state index in [9.17, 15) is 0 Å². The average Bonchev–Trinajstić information content (AvgIpc) is 2.10. The summed E-state index contributed by atoms with van der Waals surface area (Å²) in [5.74, 6) is 0.899. The van der Waals surface area contributed by atoms with Crippen molar-refractivity contribution < 1.29 is 0 Å². The fourth-order valence-electron chi connectivity index (χ4n) is 1.02. The molecule has 0 unspecified atom stereocenters. The smallest absolute Gasteiger partial charge is 0.137 e. The highest BCUT2D eigenvalue weighted by Gasteiger charge is 2.11. The molecule has 0 bridgehead atoms. The normalized spacial score (nSPS) is 10.6. The molecule has 0 N–H and O–H groups in total. The number of allylic oxidation sites excluding steroid dienone is 1. The van der Waals surface area contributed by atoms with Crippen molar-refractivity contribution in [2.75, 3.05) is 0 Å². The van der Waals surface area contributed by atoms with E-state index < -0.39 is 0 Å². The van der Waals surface area contributed by atoms with Crippen LogP contribution >= 0.6 is 23.2 Å². The van der Waals surface area contributed by atoms with E-state index >= 15 is 0 Å². The van der Waals surface area contributed by atoms with Gasteiger partial charge in [0.25, 0.3) is 0 Å². The summed E-state index contributed by atoms with van der Waals surface area (Å²) < 4.78 is 0. The van der Waals surface area contributed by atoms with Gasteiger partial charge in [-0.1, -0.05) is 43.1 Å². The molecule has 1 aromatic heterocycles. The van der Waals surface area contributed by atoms with Crippen LogP contribution in [0.5, 0.6) is 0 Å². The van der Waals surface area contributed by atoms with Crippen molar-refractivity contribution in [1.82, 2.24) is 9.97 Å². The molecule has 76 valence electrons. The minimum atomic E-state index is 0.225. The van der Waals surface area contributed by atoms with Gasteiger partial charge in [0.1, 0.15) is 16.1 Å². The number of hydrogen-bond donors (Lipinski definition) is 0. The molecule has 0 amide bonds. The minimum absolute atomic E-state index is 0.225. The van der Waals surface area contributed by atoms with E-state index in [4.69, 9.17) is 23.2 Å². The zero-order chi connectivity index (χ0) is 10.7. The molecule has 0 fully saturated rings. The SMILES string of the molecule is C=CCc1c(Cl)nc(C(C)C)nc1Cl. The lowest BCUT2D eigenvalue weighted by Crippen LogP contribution is -2.01. The van der Waals surface area contributed by atoms with Gasteiger partial charge in [0.2, 0.25) is 0 Å². The largest absolute Gasteiger partial charge is 0.221 e. The van der Waals surface area contributed by atoms with Crippen LogP contribution in [0.3, 0.4) is 0 Å². The standard InChI is InChI=1S/C10H12Cl2N2/c1-4-5-7-8(11)13-10(6(2)3)14-9(7)12/h4,6H,1,5H2,2-3H3. The summed E-state index contributed by atoms with van der Waals surface area (Å²) in [5.41, 5.74) is 0.743. The van der Waals surface area contributed by atoms with Crippen LogP contribution in [0.4, 0.5) is 0 Å². The average molecular weight is 231 g/mol. The molecule has 1 aromatic rings. The summed E-state index contributed by atoms with van der Waals surface area (Å²) in [7, 11) is 0. The highest BCUT2D eigenvalue weighted by atomic mass is 35.5. The summed E-state index contributed by atoms with van der Waals surface area (Å²) in [5, 5.41) is 0.849. The number of rotatable bonds is 3. The maximum absolute atomic E-state index is 5.97. The first-order valence-corrected chi connectivity index (χ1v) is 5.14. The van der Waals surface area contributed by atoms with Gasteiger partial charge >= 0.3 is 0 Å². The van der Waals surface area contributed by atoms with Crippen LogP contribution in [-0.2, 0) is 6.42 Å². The Hall–Kier alpha value is -0.600. The topological polar surface area (TPSA) is 25.8 Å². The number of aromatic nitrogens is 2. The van der Waals surface area contributed by atoms with Crippen LogP contribution in [-0.4, -0.2) is 9.97 Å². The molecule has 0 aromatic carbocycles. The molecule has 0 aliphatic heterocycles. The van der Waals surface area contributed by atoms with Crippen molar-refractivity contribution in [2.24, 2.45) is 0 Å². The summed E-state index contributed by atoms with van der Waals surface area (Å²) in [4.78, 5) is 8.35. The van der Waals surface area contributed by atoms with E-state index in [0.717, 1.165) is 5.56 Å². The van der Waals surface area contributed by atoms with Gasteiger partial charge < -0.3 is 0 Å². The monoisotopic (exact) mass is 230 g/mol. The third kappa shape index (κ3) is 2.46. The van der Waals surface area contributed by atoms with E-state index in [1.54, 1.807) is 6.08 Å². The number of nitrogens with zero attached hydrogens (tertiary/aromatic N) is 2. The zero-order valence-electron chi connectivity index (χ0n) is 8.22. The fourth-order valence-corrected chi connectivity index (χ4v) is 1.57. The van der Waals surface area contributed by atoms with Crippen molar-refractivity contribution >= 4 is 23.2 Å². The molecule has 4 heteroatoms. The maximum Gasteiger partial charge on any atom is 0.137 e. The molecule has 14 heavy (non-hydrogen) atoms. The van der Waals surface area contributed by atoms with Gasteiger partial charge in [-0.2, -0.15) is 0 Å². The van der Waals surface area contributed by atoms with Crippen LogP contribution in [0.25, 0.3) is 0 Å². The van der Waals surface area contributed by atoms with Crippen molar-refractivity contribution in [3.63, 3.8) is 0 Å². The highest BCUT2D eigenvalue weighted by molar-refractivity contribution is 6.34. The van der Waals surface area contributed by atoms with Crippen molar-refractivity contribution in [3.8, 4) is 0 Å². The first-order chi connectivity index (χ1) is 6.56. The van der Waals surface area contributed by atoms with Crippen molar-refractivity contribution in [2.45, 2.75) is 26.2 Å². The van der Waals surface area contributed by atoms with Crippen LogP contribution in [0, 0.1) is 0 Å². The van der Waals surface area contributed by atoms with E-state index in [1.807, 2.05) is 13.8 Å². The van der Waals surface area contributed by atoms with Gasteiger partial charge in [0.05, 0.1) is 0 Å². The number of hydrogen-bond acceptors (Lipinski definition) is 2. The summed E-state index contributed by atoms with van der Waals surface area (Å²) in [6.45, 7) is 7.61. The Labute approximate surface area is 94.0 Å². The van der Waals surface area contributed by atoms with Gasteiger partial charge in [-0.3, -0.25) is 0 Å². The summed E-state index contributed by atoms with van der Waals surface area (Å²) in [6, 6.07) is 0. The second-order valence-corrected chi connectivity index (χ2v) is 4.01. The van der Waals surface area contributed by atoms with E-state index in [-0.39, 0.29) is 5.92 Å². The Morgan fingerprint density at radius 2 is 1.79 bits per heavy atom. The van der Waals surface area contributed by atoms with Gasteiger partial charge in [-0.05, 0) is 6.42 Å². The van der Waals surface area contributed by atoms with E-state index in [2.05, 4.69) is 16.5 Å². The second-order valence-electron chi connectivity index (χ2n) is 3.29. The van der Waals surface area contributed by atoms with Gasteiger partial charge in [0, 0.05) is 11.5 Å². The van der Waals surface area contributed by atoms with Crippen molar-refractivity contribution in [3.05, 3.63) is 34.3 Å². The Kier molecular flexibility index (Phi) is 3.90. The zero-order valence-corrected chi connectivity index (χ0v) is 9.73. The molecule has 0 aliphatic carbocycles. The third-order valence-corrected chi connectivity index (χ3v) is 2.41. The van der Waals surface area contributed by atoms with Crippen LogP contribution in [0.2, 0.25) is 10.3 Å². The lowest BCUT2D eigenvalue weighted by Gasteiger charge is -2.08. The molecular formula is C10H12Cl2N2. The molecular weight excluding hydrogens is 219 g/mol. The van der Waals surface area contributed by atoms with Crippen LogP contribution in [0.15, 0.2) is 12.7 Å². The molecule has 0 radical (unpaired) electrons. The third-order valence-electron chi connectivity index (χ3n) is 1.79. The lowest BCUT2D eigenvalue weighted by molar-refractivity contribution is 0.770. The maximum atomic E-state index is 5.97. The molecule has 2 nitrogen and oxygen atoms in total. The first kappa shape index (κ1) is 11.5. The van der Waals surface area contributed by atoms with E-state index in [1.165, 1.54) is 0 Å². The highest BCUT2D eigenvalue weighted by Crippen LogP contribution is 2.24. The quantitative estimate of drug-likeness (QED) is 0.586. The molecule has 1 rings (SSSR count). The fraction of sp³-hybridized carbons (Fsp3) is 0.400. The molecule has 0 aliphatic rings. The van der Waals surface area contributed by atoms with Crippen LogP contribution in [0.1, 0.15) is 31.2 Å². The molecule has 0 saturated carbocycles. The van der Waals surface area contributed by atoms with Gasteiger partial charge in [-0.15, -0.1) is 6.58 Å². The summed E-state index contributed by atoms with van der Waals surface area (Å²) in [6.07, 6.45) is 2.32. The van der Waals surface area contributed by atoms with E-state index in [0.29, 0.717) is 22.6 Å². The van der Waals surface area contributed by atoms with Gasteiger partial charge in [-0.25, -0.2) is 9.97 Å². The predicted octanol–water partition coefficient (Wildman–Crippen LogP) is 3.64. The molecule has 1 heterocycles. The van der Waals surface area contributed by atoms with Crippen LogP contribution < -0.4 is 0 Å². The Balaban J connectivity index is 3.17. The molecule has 0 atom stereocenters. The number of halogens is 2. The Morgan fingerprint density at radius 1 is 1.29 bits per heavy atom. The Morgan fingerprint density at radius 3 is 2.14 bits per heavy atom. The van der Waals surface area contributed by atoms with Crippen molar-refractivity contribution in [1.29, 1.82) is 0 Å². The molecule has 0 saturated heterocycles. The lowest BCUT2D eigenvalue weighted by atomic mass is 10.2. The predicted molar refractivity (Wildman–Crippen MR) is 60.0 cm³/mol. The molecule has 0 spiro atoms.